The Morgan fingerprint density at radius 1 is 1.41 bits per heavy atom. The van der Waals surface area contributed by atoms with Crippen LogP contribution >= 0.6 is 0 Å². The predicted molar refractivity (Wildman–Crippen MR) is 60.0 cm³/mol. The SMILES string of the molecule is Nc1ccc(F)cc1C(=O)NCCCC(=O)O. The van der Waals surface area contributed by atoms with E-state index in [1.54, 1.807) is 0 Å². The number of halogens is 1. The van der Waals surface area contributed by atoms with Crippen LogP contribution in [0, 0.1) is 5.82 Å². The van der Waals surface area contributed by atoms with Gasteiger partial charge in [0.25, 0.3) is 5.91 Å². The maximum Gasteiger partial charge on any atom is 0.303 e. The monoisotopic (exact) mass is 240 g/mol. The molecule has 6 heteroatoms. The number of carboxylic acid groups (broad SMARTS) is 1. The normalized spacial score (nSPS) is 9.94. The molecule has 0 saturated carbocycles. The van der Waals surface area contributed by atoms with Gasteiger partial charge in [-0.15, -0.1) is 0 Å². The summed E-state index contributed by atoms with van der Waals surface area (Å²) in [5.74, 6) is -1.98. The van der Waals surface area contributed by atoms with E-state index in [1.807, 2.05) is 0 Å². The van der Waals surface area contributed by atoms with Crippen molar-refractivity contribution in [3.05, 3.63) is 29.6 Å². The topological polar surface area (TPSA) is 92.4 Å². The molecule has 0 heterocycles. The second-order valence-electron chi connectivity index (χ2n) is 3.48. The molecule has 1 aromatic carbocycles. The van der Waals surface area contributed by atoms with Crippen molar-refractivity contribution in [3.63, 3.8) is 0 Å². The number of nitrogens with one attached hydrogen (secondary N) is 1. The molecule has 4 N–H and O–H groups in total. The molecule has 0 radical (unpaired) electrons. The van der Waals surface area contributed by atoms with Crippen molar-refractivity contribution in [3.8, 4) is 0 Å². The number of carboxylic acids is 1. The first-order valence-corrected chi connectivity index (χ1v) is 5.05. The Labute approximate surface area is 97.4 Å². The largest absolute Gasteiger partial charge is 0.481 e. The Hall–Kier alpha value is -2.11. The standard InChI is InChI=1S/C11H13FN2O3/c12-7-3-4-9(13)8(6-7)11(17)14-5-1-2-10(15)16/h3-4,6H,1-2,5,13H2,(H,14,17)(H,15,16). The van der Waals surface area contributed by atoms with Crippen molar-refractivity contribution in [1.29, 1.82) is 0 Å². The number of nitrogens with two attached hydrogens (primary N) is 1. The van der Waals surface area contributed by atoms with E-state index in [9.17, 15) is 14.0 Å². The molecule has 0 spiro atoms. The van der Waals surface area contributed by atoms with Crippen molar-refractivity contribution in [2.75, 3.05) is 12.3 Å². The molecular formula is C11H13FN2O3. The maximum atomic E-state index is 12.9. The lowest BCUT2D eigenvalue weighted by Crippen LogP contribution is -2.25. The molecule has 0 unspecified atom stereocenters. The fourth-order valence-corrected chi connectivity index (χ4v) is 1.26. The molecule has 0 aliphatic heterocycles. The molecule has 0 fully saturated rings. The summed E-state index contributed by atoms with van der Waals surface area (Å²) in [6.07, 6.45) is 0.287. The Bertz CT molecular complexity index is 435. The Morgan fingerprint density at radius 2 is 2.12 bits per heavy atom. The molecule has 1 aromatic rings. The van der Waals surface area contributed by atoms with E-state index in [4.69, 9.17) is 10.8 Å². The van der Waals surface area contributed by atoms with Crippen molar-refractivity contribution in [2.24, 2.45) is 0 Å². The molecule has 0 aliphatic carbocycles. The third-order valence-corrected chi connectivity index (χ3v) is 2.11. The third kappa shape index (κ3) is 4.10. The second-order valence-corrected chi connectivity index (χ2v) is 3.48. The molecule has 0 bridgehead atoms. The number of amides is 1. The number of hydrogen-bond donors (Lipinski definition) is 3. The molecule has 17 heavy (non-hydrogen) atoms. The summed E-state index contributed by atoms with van der Waals surface area (Å²) in [7, 11) is 0. The van der Waals surface area contributed by atoms with Crippen molar-refractivity contribution in [2.45, 2.75) is 12.8 Å². The van der Waals surface area contributed by atoms with E-state index in [2.05, 4.69) is 5.32 Å². The van der Waals surface area contributed by atoms with E-state index in [0.717, 1.165) is 12.1 Å². The second kappa shape index (κ2) is 5.83. The third-order valence-electron chi connectivity index (χ3n) is 2.11. The van der Waals surface area contributed by atoms with Crippen LogP contribution in [-0.2, 0) is 4.79 Å². The highest BCUT2D eigenvalue weighted by atomic mass is 19.1. The van der Waals surface area contributed by atoms with Gasteiger partial charge in [-0.2, -0.15) is 0 Å². The summed E-state index contributed by atoms with van der Waals surface area (Å²) in [5, 5.41) is 10.9. The van der Waals surface area contributed by atoms with Crippen LogP contribution < -0.4 is 11.1 Å². The molecule has 0 atom stereocenters. The molecule has 0 aromatic heterocycles. The number of anilines is 1. The van der Waals surface area contributed by atoms with Gasteiger partial charge in [-0.05, 0) is 24.6 Å². The van der Waals surface area contributed by atoms with Gasteiger partial charge in [0.15, 0.2) is 0 Å². The Balaban J connectivity index is 2.52. The molecule has 0 aliphatic rings. The molecule has 1 amide bonds. The number of carbonyl (C=O) groups excluding carboxylic acids is 1. The van der Waals surface area contributed by atoms with Gasteiger partial charge in [0, 0.05) is 18.7 Å². The zero-order chi connectivity index (χ0) is 12.8. The molecule has 5 nitrogen and oxygen atoms in total. The highest BCUT2D eigenvalue weighted by Gasteiger charge is 2.10. The highest BCUT2D eigenvalue weighted by Crippen LogP contribution is 2.12. The number of aliphatic carboxylic acids is 1. The predicted octanol–water partition coefficient (Wildman–Crippen LogP) is 1.00. The van der Waals surface area contributed by atoms with Crippen LogP contribution in [0.15, 0.2) is 18.2 Å². The number of rotatable bonds is 5. The number of benzene rings is 1. The summed E-state index contributed by atoms with van der Waals surface area (Å²) >= 11 is 0. The smallest absolute Gasteiger partial charge is 0.303 e. The average Bonchev–Trinajstić information content (AvgIpc) is 2.27. The lowest BCUT2D eigenvalue weighted by molar-refractivity contribution is -0.137. The van der Waals surface area contributed by atoms with Gasteiger partial charge in [0.05, 0.1) is 5.56 Å². The minimum Gasteiger partial charge on any atom is -0.481 e. The van der Waals surface area contributed by atoms with Gasteiger partial charge in [-0.25, -0.2) is 4.39 Å². The molecule has 1 rings (SSSR count). The zero-order valence-electron chi connectivity index (χ0n) is 9.07. The van der Waals surface area contributed by atoms with Crippen LogP contribution in [0.2, 0.25) is 0 Å². The highest BCUT2D eigenvalue weighted by molar-refractivity contribution is 5.99. The van der Waals surface area contributed by atoms with Gasteiger partial charge < -0.3 is 16.2 Å². The van der Waals surface area contributed by atoms with E-state index < -0.39 is 17.7 Å². The number of nitrogen functional groups attached to an aromatic ring is 1. The first kappa shape index (κ1) is 13.0. The van der Waals surface area contributed by atoms with Gasteiger partial charge in [0.2, 0.25) is 0 Å². The van der Waals surface area contributed by atoms with E-state index in [-0.39, 0.29) is 24.2 Å². The average molecular weight is 240 g/mol. The van der Waals surface area contributed by atoms with Crippen LogP contribution in [0.3, 0.4) is 0 Å². The van der Waals surface area contributed by atoms with Crippen LogP contribution in [0.5, 0.6) is 0 Å². The van der Waals surface area contributed by atoms with Gasteiger partial charge in [0.1, 0.15) is 5.82 Å². The van der Waals surface area contributed by atoms with Crippen molar-refractivity contribution in [1.82, 2.24) is 5.32 Å². The summed E-state index contributed by atoms with van der Waals surface area (Å²) in [4.78, 5) is 21.8. The number of carbonyl (C=O) groups is 2. The van der Waals surface area contributed by atoms with E-state index in [1.165, 1.54) is 6.07 Å². The minimum atomic E-state index is -0.926. The lowest BCUT2D eigenvalue weighted by atomic mass is 10.1. The Morgan fingerprint density at radius 3 is 2.76 bits per heavy atom. The summed E-state index contributed by atoms with van der Waals surface area (Å²) in [6, 6.07) is 3.51. The quantitative estimate of drug-likeness (QED) is 0.529. The van der Waals surface area contributed by atoms with Crippen LogP contribution in [0.4, 0.5) is 10.1 Å². The fourth-order valence-electron chi connectivity index (χ4n) is 1.26. The van der Waals surface area contributed by atoms with Gasteiger partial charge >= 0.3 is 5.97 Å². The maximum absolute atomic E-state index is 12.9. The number of hydrogen-bond acceptors (Lipinski definition) is 3. The molecule has 92 valence electrons. The van der Waals surface area contributed by atoms with Crippen LogP contribution in [-0.4, -0.2) is 23.5 Å². The van der Waals surface area contributed by atoms with Crippen LogP contribution in [0.1, 0.15) is 23.2 Å². The van der Waals surface area contributed by atoms with Gasteiger partial charge in [-0.1, -0.05) is 0 Å². The Kier molecular flexibility index (Phi) is 4.45. The van der Waals surface area contributed by atoms with E-state index >= 15 is 0 Å². The first-order valence-electron chi connectivity index (χ1n) is 5.05. The van der Waals surface area contributed by atoms with Crippen molar-refractivity contribution < 1.29 is 19.1 Å². The lowest BCUT2D eigenvalue weighted by Gasteiger charge is -2.06. The summed E-state index contributed by atoms with van der Waals surface area (Å²) < 4.78 is 12.9. The van der Waals surface area contributed by atoms with E-state index in [0.29, 0.717) is 6.42 Å². The summed E-state index contributed by atoms with van der Waals surface area (Å²) in [5.41, 5.74) is 5.76. The minimum absolute atomic E-state index is 0.0289. The first-order chi connectivity index (χ1) is 8.00. The van der Waals surface area contributed by atoms with Crippen molar-refractivity contribution >= 4 is 17.6 Å². The van der Waals surface area contributed by atoms with Gasteiger partial charge in [-0.3, -0.25) is 9.59 Å². The fraction of sp³-hybridized carbons (Fsp3) is 0.273. The van der Waals surface area contributed by atoms with Crippen LogP contribution in [0.25, 0.3) is 0 Å². The molecular weight excluding hydrogens is 227 g/mol. The summed E-state index contributed by atoms with van der Waals surface area (Å²) in [6.45, 7) is 0.209. The molecule has 0 saturated heterocycles. The zero-order valence-corrected chi connectivity index (χ0v) is 9.07.